The fraction of sp³-hybridized carbons (Fsp3) is 0.250. The zero-order valence-corrected chi connectivity index (χ0v) is 14.2. The van der Waals surface area contributed by atoms with Gasteiger partial charge in [-0.05, 0) is 36.6 Å². The number of nitrogens with zero attached hydrogens (tertiary/aromatic N) is 1. The average molecular weight is 322 g/mol. The Bertz CT molecular complexity index is 809. The molecule has 0 saturated heterocycles. The number of amides is 1. The molecule has 1 aliphatic heterocycles. The maximum absolute atomic E-state index is 12.9. The van der Waals surface area contributed by atoms with E-state index >= 15 is 0 Å². The second-order valence-electron chi connectivity index (χ2n) is 6.56. The van der Waals surface area contributed by atoms with E-state index in [1.165, 1.54) is 0 Å². The second-order valence-corrected chi connectivity index (χ2v) is 6.56. The maximum Gasteiger partial charge on any atom is 0.294 e. The zero-order valence-electron chi connectivity index (χ0n) is 14.2. The average Bonchev–Trinajstić information content (AvgIpc) is 2.51. The quantitative estimate of drug-likeness (QED) is 0.686. The standard InChI is InChI=1S/C20H22N2O2/c1-13(2)12-22-17-8-7-16(21)11-18(17)24-19(20(22)23)10-15-6-4-5-14(3)9-15/h4-11,13H,12,21H2,1-3H3/b19-10+. The van der Waals surface area contributed by atoms with Gasteiger partial charge in [-0.15, -0.1) is 0 Å². The number of rotatable bonds is 3. The molecule has 0 radical (unpaired) electrons. The molecule has 3 rings (SSSR count). The van der Waals surface area contributed by atoms with Crippen molar-refractivity contribution in [3.05, 3.63) is 59.4 Å². The lowest BCUT2D eigenvalue weighted by Crippen LogP contribution is -2.39. The van der Waals surface area contributed by atoms with Gasteiger partial charge in [0.2, 0.25) is 0 Å². The number of hydrogen-bond acceptors (Lipinski definition) is 3. The Morgan fingerprint density at radius 1 is 1.21 bits per heavy atom. The highest BCUT2D eigenvalue weighted by molar-refractivity contribution is 6.10. The van der Waals surface area contributed by atoms with E-state index < -0.39 is 0 Å². The highest BCUT2D eigenvalue weighted by Crippen LogP contribution is 2.37. The summed E-state index contributed by atoms with van der Waals surface area (Å²) in [5.41, 5.74) is 9.33. The van der Waals surface area contributed by atoms with E-state index in [1.54, 1.807) is 23.1 Å². The number of benzene rings is 2. The van der Waals surface area contributed by atoms with Gasteiger partial charge in [-0.1, -0.05) is 43.7 Å². The van der Waals surface area contributed by atoms with Gasteiger partial charge in [0.05, 0.1) is 5.69 Å². The lowest BCUT2D eigenvalue weighted by molar-refractivity contribution is -0.117. The van der Waals surface area contributed by atoms with E-state index in [0.717, 1.165) is 16.8 Å². The largest absolute Gasteiger partial charge is 0.449 e. The molecule has 1 amide bonds. The van der Waals surface area contributed by atoms with E-state index in [0.29, 0.717) is 29.7 Å². The fourth-order valence-electron chi connectivity index (χ4n) is 2.79. The summed E-state index contributed by atoms with van der Waals surface area (Å²) < 4.78 is 5.87. The molecule has 0 atom stereocenters. The van der Waals surface area contributed by atoms with E-state index in [1.807, 2.05) is 37.3 Å². The van der Waals surface area contributed by atoms with Crippen molar-refractivity contribution in [2.75, 3.05) is 17.2 Å². The summed E-state index contributed by atoms with van der Waals surface area (Å²) in [6, 6.07) is 13.4. The summed E-state index contributed by atoms with van der Waals surface area (Å²) in [5.74, 6) is 1.16. The van der Waals surface area contributed by atoms with Crippen LogP contribution in [0.15, 0.2) is 48.2 Å². The first kappa shape index (κ1) is 16.1. The van der Waals surface area contributed by atoms with Crippen LogP contribution in [0.5, 0.6) is 5.75 Å². The molecule has 1 heterocycles. The van der Waals surface area contributed by atoms with Gasteiger partial charge in [0.1, 0.15) is 0 Å². The van der Waals surface area contributed by atoms with Crippen LogP contribution in [0, 0.1) is 12.8 Å². The Balaban J connectivity index is 2.05. The SMILES string of the molecule is Cc1cccc(/C=C2/Oc3cc(N)ccc3N(CC(C)C)C2=O)c1. The minimum atomic E-state index is -0.123. The van der Waals surface area contributed by atoms with E-state index in [-0.39, 0.29) is 5.91 Å². The summed E-state index contributed by atoms with van der Waals surface area (Å²) in [4.78, 5) is 14.7. The van der Waals surface area contributed by atoms with Crippen LogP contribution in [-0.4, -0.2) is 12.5 Å². The maximum atomic E-state index is 12.9. The van der Waals surface area contributed by atoms with Gasteiger partial charge >= 0.3 is 0 Å². The topological polar surface area (TPSA) is 55.6 Å². The molecule has 2 aromatic rings. The first-order chi connectivity index (χ1) is 11.4. The van der Waals surface area contributed by atoms with Crippen molar-refractivity contribution in [2.45, 2.75) is 20.8 Å². The molecule has 0 bridgehead atoms. The van der Waals surface area contributed by atoms with Crippen LogP contribution >= 0.6 is 0 Å². The molecule has 0 unspecified atom stereocenters. The van der Waals surface area contributed by atoms with Gasteiger partial charge in [0.25, 0.3) is 5.91 Å². The van der Waals surface area contributed by atoms with E-state index in [9.17, 15) is 4.79 Å². The third-order valence-corrected chi connectivity index (χ3v) is 3.84. The molecule has 1 aliphatic rings. The molecule has 124 valence electrons. The van der Waals surface area contributed by atoms with Crippen LogP contribution in [0.1, 0.15) is 25.0 Å². The Labute approximate surface area is 142 Å². The lowest BCUT2D eigenvalue weighted by Gasteiger charge is -2.31. The van der Waals surface area contributed by atoms with Gasteiger partial charge in [-0.25, -0.2) is 0 Å². The first-order valence-corrected chi connectivity index (χ1v) is 8.11. The number of ether oxygens (including phenoxy) is 1. The van der Waals surface area contributed by atoms with E-state index in [2.05, 4.69) is 13.8 Å². The second kappa shape index (κ2) is 6.40. The minimum Gasteiger partial charge on any atom is -0.449 e. The van der Waals surface area contributed by atoms with E-state index in [4.69, 9.17) is 10.5 Å². The van der Waals surface area contributed by atoms with Gasteiger partial charge in [0.15, 0.2) is 11.5 Å². The summed E-state index contributed by atoms with van der Waals surface area (Å²) in [7, 11) is 0. The molecule has 0 spiro atoms. The molecule has 4 heteroatoms. The molecule has 2 N–H and O–H groups in total. The third-order valence-electron chi connectivity index (χ3n) is 3.84. The van der Waals surface area contributed by atoms with Gasteiger partial charge < -0.3 is 15.4 Å². The van der Waals surface area contributed by atoms with Gasteiger partial charge in [0, 0.05) is 18.3 Å². The first-order valence-electron chi connectivity index (χ1n) is 8.11. The summed E-state index contributed by atoms with van der Waals surface area (Å²) >= 11 is 0. The number of hydrogen-bond donors (Lipinski definition) is 1. The number of fused-ring (bicyclic) bond motifs is 1. The Kier molecular flexibility index (Phi) is 4.30. The highest BCUT2D eigenvalue weighted by atomic mass is 16.5. The molecule has 2 aromatic carbocycles. The Morgan fingerprint density at radius 2 is 2.00 bits per heavy atom. The van der Waals surface area contributed by atoms with Crippen LogP contribution in [0.2, 0.25) is 0 Å². The van der Waals surface area contributed by atoms with Crippen LogP contribution in [0.25, 0.3) is 6.08 Å². The van der Waals surface area contributed by atoms with Gasteiger partial charge in [-0.2, -0.15) is 0 Å². The van der Waals surface area contributed by atoms with Crippen molar-refractivity contribution < 1.29 is 9.53 Å². The zero-order chi connectivity index (χ0) is 17.3. The summed E-state index contributed by atoms with van der Waals surface area (Å²) in [6.45, 7) is 6.82. The normalized spacial score (nSPS) is 15.6. The van der Waals surface area contributed by atoms with Crippen LogP contribution in [-0.2, 0) is 4.79 Å². The molecular weight excluding hydrogens is 300 g/mol. The fourth-order valence-corrected chi connectivity index (χ4v) is 2.79. The monoisotopic (exact) mass is 322 g/mol. The van der Waals surface area contributed by atoms with Crippen molar-refractivity contribution in [3.63, 3.8) is 0 Å². The van der Waals surface area contributed by atoms with Crippen molar-refractivity contribution in [3.8, 4) is 5.75 Å². The smallest absolute Gasteiger partial charge is 0.294 e. The number of anilines is 2. The predicted octanol–water partition coefficient (Wildman–Crippen LogP) is 4.00. The Hall–Kier alpha value is -2.75. The van der Waals surface area contributed by atoms with Crippen molar-refractivity contribution >= 4 is 23.4 Å². The summed E-state index contributed by atoms with van der Waals surface area (Å²) in [6.07, 6.45) is 1.79. The molecule has 0 fully saturated rings. The number of carbonyl (C=O) groups excluding carboxylic acids is 1. The predicted molar refractivity (Wildman–Crippen MR) is 97.8 cm³/mol. The van der Waals surface area contributed by atoms with Crippen LogP contribution < -0.4 is 15.4 Å². The lowest BCUT2D eigenvalue weighted by atomic mass is 10.1. The Morgan fingerprint density at radius 3 is 2.71 bits per heavy atom. The van der Waals surface area contributed by atoms with Crippen molar-refractivity contribution in [2.24, 2.45) is 5.92 Å². The summed E-state index contributed by atoms with van der Waals surface area (Å²) in [5, 5.41) is 0. The number of nitrogens with two attached hydrogens (primary N) is 1. The van der Waals surface area contributed by atoms with Crippen LogP contribution in [0.3, 0.4) is 0 Å². The highest BCUT2D eigenvalue weighted by Gasteiger charge is 2.30. The molecule has 4 nitrogen and oxygen atoms in total. The van der Waals surface area contributed by atoms with Crippen LogP contribution in [0.4, 0.5) is 11.4 Å². The molecule has 0 aliphatic carbocycles. The molecule has 0 saturated carbocycles. The van der Waals surface area contributed by atoms with Crippen molar-refractivity contribution in [1.82, 2.24) is 0 Å². The van der Waals surface area contributed by atoms with Gasteiger partial charge in [-0.3, -0.25) is 4.79 Å². The minimum absolute atomic E-state index is 0.123. The number of carbonyl (C=O) groups is 1. The number of aryl methyl sites for hydroxylation is 1. The molecular formula is C20H22N2O2. The molecule has 0 aromatic heterocycles. The molecule has 24 heavy (non-hydrogen) atoms. The third kappa shape index (κ3) is 3.27. The number of nitrogen functional groups attached to an aromatic ring is 1. The van der Waals surface area contributed by atoms with Crippen molar-refractivity contribution in [1.29, 1.82) is 0 Å².